The van der Waals surface area contributed by atoms with Gasteiger partial charge in [-0.2, -0.15) is 11.8 Å². The van der Waals surface area contributed by atoms with Crippen molar-refractivity contribution in [3.63, 3.8) is 0 Å². The number of rotatable bonds is 4. The Kier molecular flexibility index (Phi) is 5.28. The van der Waals surface area contributed by atoms with Gasteiger partial charge in [0.05, 0.1) is 0 Å². The van der Waals surface area contributed by atoms with Crippen molar-refractivity contribution in [3.8, 4) is 0 Å². The van der Waals surface area contributed by atoms with Gasteiger partial charge in [0.15, 0.2) is 0 Å². The number of likely N-dealkylation sites (tertiary alicyclic amines) is 1. The lowest BCUT2D eigenvalue weighted by Gasteiger charge is -2.40. The maximum atomic E-state index is 3.68. The van der Waals surface area contributed by atoms with Gasteiger partial charge in [-0.05, 0) is 32.6 Å². The summed E-state index contributed by atoms with van der Waals surface area (Å²) in [5.41, 5.74) is 0. The van der Waals surface area contributed by atoms with Crippen LogP contribution in [-0.4, -0.2) is 49.1 Å². The Morgan fingerprint density at radius 2 is 2.14 bits per heavy atom. The fourth-order valence-electron chi connectivity index (χ4n) is 2.17. The van der Waals surface area contributed by atoms with Crippen LogP contribution in [0.15, 0.2) is 0 Å². The first-order valence-corrected chi connectivity index (χ1v) is 6.97. The molecule has 1 heterocycles. The van der Waals surface area contributed by atoms with E-state index in [0.717, 1.165) is 24.5 Å². The molecule has 0 spiro atoms. The molecule has 0 bridgehead atoms. The second kappa shape index (κ2) is 5.99. The number of piperidine rings is 1. The molecule has 14 heavy (non-hydrogen) atoms. The zero-order valence-corrected chi connectivity index (χ0v) is 10.7. The Labute approximate surface area is 92.8 Å². The van der Waals surface area contributed by atoms with Gasteiger partial charge >= 0.3 is 0 Å². The van der Waals surface area contributed by atoms with Gasteiger partial charge in [0.1, 0.15) is 0 Å². The van der Waals surface area contributed by atoms with E-state index in [9.17, 15) is 0 Å². The lowest BCUT2D eigenvalue weighted by Crippen LogP contribution is -2.51. The predicted octanol–water partition coefficient (Wildman–Crippen LogP) is 1.67. The first-order valence-electron chi connectivity index (χ1n) is 5.57. The Hall–Kier alpha value is 0.270. The second-order valence-electron chi connectivity index (χ2n) is 4.55. The summed E-state index contributed by atoms with van der Waals surface area (Å²) in [4.78, 5) is 2.47. The summed E-state index contributed by atoms with van der Waals surface area (Å²) in [6.07, 6.45) is 3.47. The topological polar surface area (TPSA) is 15.3 Å². The average Bonchev–Trinajstić information content (AvgIpc) is 2.14. The van der Waals surface area contributed by atoms with Gasteiger partial charge in [-0.3, -0.25) is 0 Å². The van der Waals surface area contributed by atoms with Crippen molar-refractivity contribution in [2.75, 3.05) is 32.1 Å². The molecule has 0 saturated carbocycles. The van der Waals surface area contributed by atoms with Crippen LogP contribution in [0.4, 0.5) is 0 Å². The van der Waals surface area contributed by atoms with E-state index >= 15 is 0 Å². The molecule has 1 saturated heterocycles. The van der Waals surface area contributed by atoms with Crippen LogP contribution in [0.25, 0.3) is 0 Å². The first kappa shape index (κ1) is 12.3. The molecule has 1 N–H and O–H groups in total. The van der Waals surface area contributed by atoms with Crippen LogP contribution in [0, 0.1) is 5.92 Å². The third-order valence-corrected chi connectivity index (χ3v) is 3.94. The third-order valence-electron chi connectivity index (χ3n) is 3.32. The molecule has 0 aromatic rings. The highest BCUT2D eigenvalue weighted by Crippen LogP contribution is 2.20. The number of thioether (sulfide) groups is 1. The largest absolute Gasteiger partial charge is 0.313 e. The molecule has 0 radical (unpaired) electrons. The van der Waals surface area contributed by atoms with Gasteiger partial charge in [-0.25, -0.2) is 0 Å². The fraction of sp³-hybridized carbons (Fsp3) is 1.00. The van der Waals surface area contributed by atoms with Crippen molar-refractivity contribution in [1.82, 2.24) is 10.2 Å². The monoisotopic (exact) mass is 216 g/mol. The van der Waals surface area contributed by atoms with E-state index in [1.165, 1.54) is 18.7 Å². The van der Waals surface area contributed by atoms with E-state index in [1.807, 2.05) is 11.8 Å². The van der Waals surface area contributed by atoms with E-state index in [-0.39, 0.29) is 0 Å². The second-order valence-corrected chi connectivity index (χ2v) is 5.54. The minimum Gasteiger partial charge on any atom is -0.313 e. The average molecular weight is 216 g/mol. The lowest BCUT2D eigenvalue weighted by molar-refractivity contribution is 0.123. The molecule has 1 fully saturated rings. The molecular formula is C11H24N2S. The molecule has 0 amide bonds. The minimum absolute atomic E-state index is 0.730. The van der Waals surface area contributed by atoms with Crippen molar-refractivity contribution in [3.05, 3.63) is 0 Å². The molecule has 0 aliphatic carbocycles. The van der Waals surface area contributed by atoms with E-state index in [1.54, 1.807) is 0 Å². The SMILES string of the molecule is CSCCNC1CC(C)N(C)CC1C. The van der Waals surface area contributed by atoms with Gasteiger partial charge in [0.2, 0.25) is 0 Å². The van der Waals surface area contributed by atoms with Crippen LogP contribution in [0.2, 0.25) is 0 Å². The van der Waals surface area contributed by atoms with Crippen molar-refractivity contribution in [2.45, 2.75) is 32.4 Å². The fourth-order valence-corrected chi connectivity index (χ4v) is 2.49. The van der Waals surface area contributed by atoms with Crippen LogP contribution in [-0.2, 0) is 0 Å². The van der Waals surface area contributed by atoms with E-state index in [2.05, 4.69) is 37.4 Å². The Morgan fingerprint density at radius 3 is 2.79 bits per heavy atom. The summed E-state index contributed by atoms with van der Waals surface area (Å²) < 4.78 is 0. The zero-order valence-electron chi connectivity index (χ0n) is 9.92. The summed E-state index contributed by atoms with van der Waals surface area (Å²) in [5.74, 6) is 2.02. The van der Waals surface area contributed by atoms with Gasteiger partial charge in [-0.1, -0.05) is 6.92 Å². The van der Waals surface area contributed by atoms with Crippen LogP contribution < -0.4 is 5.32 Å². The van der Waals surface area contributed by atoms with Crippen molar-refractivity contribution in [2.24, 2.45) is 5.92 Å². The molecule has 0 aromatic heterocycles. The van der Waals surface area contributed by atoms with E-state index in [0.29, 0.717) is 0 Å². The highest BCUT2D eigenvalue weighted by atomic mass is 32.2. The number of nitrogens with zero attached hydrogens (tertiary/aromatic N) is 1. The van der Waals surface area contributed by atoms with Crippen molar-refractivity contribution in [1.29, 1.82) is 0 Å². The first-order chi connectivity index (χ1) is 6.65. The molecular weight excluding hydrogens is 192 g/mol. The summed E-state index contributed by atoms with van der Waals surface area (Å²) in [7, 11) is 2.24. The highest BCUT2D eigenvalue weighted by molar-refractivity contribution is 7.98. The van der Waals surface area contributed by atoms with E-state index < -0.39 is 0 Å². The molecule has 3 atom stereocenters. The summed E-state index contributed by atoms with van der Waals surface area (Å²) in [5, 5.41) is 3.68. The summed E-state index contributed by atoms with van der Waals surface area (Å²) >= 11 is 1.92. The minimum atomic E-state index is 0.730. The van der Waals surface area contributed by atoms with Gasteiger partial charge < -0.3 is 10.2 Å². The standard InChI is InChI=1S/C11H24N2S/c1-9-8-13(3)10(2)7-11(9)12-5-6-14-4/h9-12H,5-8H2,1-4H3. The smallest absolute Gasteiger partial charge is 0.0120 e. The van der Waals surface area contributed by atoms with Gasteiger partial charge in [0.25, 0.3) is 0 Å². The molecule has 2 nitrogen and oxygen atoms in total. The number of nitrogens with one attached hydrogen (secondary N) is 1. The zero-order chi connectivity index (χ0) is 10.6. The molecule has 1 aliphatic rings. The van der Waals surface area contributed by atoms with Crippen LogP contribution in [0.5, 0.6) is 0 Å². The number of hydrogen-bond donors (Lipinski definition) is 1. The highest BCUT2D eigenvalue weighted by Gasteiger charge is 2.27. The van der Waals surface area contributed by atoms with Crippen molar-refractivity contribution < 1.29 is 0 Å². The number of hydrogen-bond acceptors (Lipinski definition) is 3. The Balaban J connectivity index is 2.29. The van der Waals surface area contributed by atoms with Crippen LogP contribution >= 0.6 is 11.8 Å². The molecule has 1 aliphatic heterocycles. The molecule has 0 aromatic carbocycles. The third kappa shape index (κ3) is 3.44. The molecule has 3 unspecified atom stereocenters. The normalized spacial score (nSPS) is 34.7. The van der Waals surface area contributed by atoms with Gasteiger partial charge in [0, 0.05) is 30.9 Å². The van der Waals surface area contributed by atoms with Crippen molar-refractivity contribution >= 4 is 11.8 Å². The van der Waals surface area contributed by atoms with Gasteiger partial charge in [-0.15, -0.1) is 0 Å². The maximum Gasteiger partial charge on any atom is 0.0120 e. The quantitative estimate of drug-likeness (QED) is 0.720. The molecule has 84 valence electrons. The predicted molar refractivity (Wildman–Crippen MR) is 66.0 cm³/mol. The maximum absolute atomic E-state index is 3.68. The van der Waals surface area contributed by atoms with Crippen LogP contribution in [0.3, 0.4) is 0 Å². The lowest BCUT2D eigenvalue weighted by atomic mass is 9.90. The Bertz CT molecular complexity index is 163. The summed E-state index contributed by atoms with van der Waals surface area (Å²) in [6, 6.07) is 1.46. The Morgan fingerprint density at radius 1 is 1.43 bits per heavy atom. The van der Waals surface area contributed by atoms with E-state index in [4.69, 9.17) is 0 Å². The summed E-state index contributed by atoms with van der Waals surface area (Å²) in [6.45, 7) is 7.08. The molecule has 1 rings (SSSR count). The molecule has 3 heteroatoms. The van der Waals surface area contributed by atoms with Crippen LogP contribution in [0.1, 0.15) is 20.3 Å².